The third-order valence-corrected chi connectivity index (χ3v) is 4.34. The number of ether oxygens (including phenoxy) is 1. The van der Waals surface area contributed by atoms with Crippen LogP contribution in [-0.4, -0.2) is 54.1 Å². The molecule has 0 N–H and O–H groups in total. The van der Waals surface area contributed by atoms with Crippen molar-refractivity contribution in [2.75, 3.05) is 26.2 Å². The molecule has 1 amide bonds. The molecule has 0 spiro atoms. The highest BCUT2D eigenvalue weighted by Gasteiger charge is 2.27. The summed E-state index contributed by atoms with van der Waals surface area (Å²) in [6, 6.07) is 8.54. The van der Waals surface area contributed by atoms with E-state index in [1.807, 2.05) is 18.7 Å². The van der Waals surface area contributed by atoms with Crippen LogP contribution in [0.5, 0.6) is 0 Å². The summed E-state index contributed by atoms with van der Waals surface area (Å²) in [5.74, 6) is 0.233. The Labute approximate surface area is 126 Å². The van der Waals surface area contributed by atoms with Gasteiger partial charge in [0.05, 0.1) is 18.8 Å². The molecule has 1 saturated heterocycles. The normalized spacial score (nSPS) is 26.5. The quantitative estimate of drug-likeness (QED) is 0.830. The predicted octanol–water partition coefficient (Wildman–Crippen LogP) is 1.68. The number of amides is 1. The van der Waals surface area contributed by atoms with Crippen molar-refractivity contribution in [3.63, 3.8) is 0 Å². The van der Waals surface area contributed by atoms with E-state index in [0.29, 0.717) is 19.6 Å². The Hall–Kier alpha value is -1.39. The number of benzene rings is 1. The summed E-state index contributed by atoms with van der Waals surface area (Å²) in [4.78, 5) is 16.7. The summed E-state index contributed by atoms with van der Waals surface area (Å²) in [7, 11) is 0. The van der Waals surface area contributed by atoms with E-state index < -0.39 is 0 Å². The molecule has 0 bridgehead atoms. The lowest BCUT2D eigenvalue weighted by Crippen LogP contribution is -2.51. The Balaban J connectivity index is 1.59. The fourth-order valence-corrected chi connectivity index (χ4v) is 3.36. The first-order chi connectivity index (χ1) is 10.1. The zero-order valence-electron chi connectivity index (χ0n) is 12.9. The molecule has 4 nitrogen and oxygen atoms in total. The Kier molecular flexibility index (Phi) is 4.27. The van der Waals surface area contributed by atoms with Gasteiger partial charge >= 0.3 is 0 Å². The number of rotatable bonds is 2. The van der Waals surface area contributed by atoms with Gasteiger partial charge in [-0.1, -0.05) is 24.3 Å². The van der Waals surface area contributed by atoms with Gasteiger partial charge in [0, 0.05) is 26.2 Å². The zero-order chi connectivity index (χ0) is 14.8. The van der Waals surface area contributed by atoms with Crippen LogP contribution in [-0.2, 0) is 22.5 Å². The Morgan fingerprint density at radius 3 is 2.57 bits per heavy atom. The summed E-state index contributed by atoms with van der Waals surface area (Å²) >= 11 is 0. The van der Waals surface area contributed by atoms with Gasteiger partial charge < -0.3 is 9.64 Å². The molecule has 2 aliphatic heterocycles. The molecule has 0 aromatic heterocycles. The van der Waals surface area contributed by atoms with Crippen molar-refractivity contribution in [1.29, 1.82) is 0 Å². The van der Waals surface area contributed by atoms with Gasteiger partial charge in [-0.25, -0.2) is 0 Å². The molecule has 0 saturated carbocycles. The van der Waals surface area contributed by atoms with Gasteiger partial charge in [-0.15, -0.1) is 0 Å². The monoisotopic (exact) mass is 288 g/mol. The van der Waals surface area contributed by atoms with Crippen LogP contribution in [0.2, 0.25) is 0 Å². The summed E-state index contributed by atoms with van der Waals surface area (Å²) in [5, 5.41) is 0. The van der Waals surface area contributed by atoms with Crippen LogP contribution in [0.3, 0.4) is 0 Å². The van der Waals surface area contributed by atoms with Crippen molar-refractivity contribution >= 4 is 5.91 Å². The minimum absolute atomic E-state index is 0.139. The Morgan fingerprint density at radius 1 is 1.19 bits per heavy atom. The molecule has 0 aliphatic carbocycles. The van der Waals surface area contributed by atoms with Crippen molar-refractivity contribution in [2.24, 2.45) is 0 Å². The van der Waals surface area contributed by atoms with E-state index in [2.05, 4.69) is 29.2 Å². The molecule has 0 radical (unpaired) electrons. The Bertz CT molecular complexity index is 507. The largest absolute Gasteiger partial charge is 0.372 e. The first-order valence-corrected chi connectivity index (χ1v) is 7.84. The molecule has 1 aromatic rings. The first-order valence-electron chi connectivity index (χ1n) is 7.84. The van der Waals surface area contributed by atoms with Gasteiger partial charge in [0.1, 0.15) is 0 Å². The van der Waals surface area contributed by atoms with Gasteiger partial charge in [-0.2, -0.15) is 0 Å². The second kappa shape index (κ2) is 6.16. The molecule has 2 aliphatic rings. The van der Waals surface area contributed by atoms with Crippen LogP contribution in [0.1, 0.15) is 25.0 Å². The van der Waals surface area contributed by atoms with Crippen molar-refractivity contribution in [2.45, 2.75) is 39.0 Å². The van der Waals surface area contributed by atoms with Crippen LogP contribution in [0, 0.1) is 0 Å². The first kappa shape index (κ1) is 14.5. The number of nitrogens with zero attached hydrogens (tertiary/aromatic N) is 2. The number of carbonyl (C=O) groups is 1. The highest BCUT2D eigenvalue weighted by molar-refractivity contribution is 5.78. The van der Waals surface area contributed by atoms with Crippen LogP contribution in [0.15, 0.2) is 24.3 Å². The van der Waals surface area contributed by atoms with Crippen LogP contribution in [0.25, 0.3) is 0 Å². The van der Waals surface area contributed by atoms with Gasteiger partial charge in [-0.05, 0) is 31.4 Å². The second-order valence-electron chi connectivity index (χ2n) is 6.29. The number of hydrogen-bond donors (Lipinski definition) is 0. The topological polar surface area (TPSA) is 32.8 Å². The summed E-state index contributed by atoms with van der Waals surface area (Å²) in [6.07, 6.45) is 1.32. The molecule has 1 fully saturated rings. The lowest BCUT2D eigenvalue weighted by atomic mass is 10.00. The summed E-state index contributed by atoms with van der Waals surface area (Å²) < 4.78 is 5.70. The highest BCUT2D eigenvalue weighted by atomic mass is 16.5. The van der Waals surface area contributed by atoms with Crippen LogP contribution < -0.4 is 0 Å². The van der Waals surface area contributed by atoms with E-state index in [-0.39, 0.29) is 18.1 Å². The van der Waals surface area contributed by atoms with Gasteiger partial charge in [-0.3, -0.25) is 9.69 Å². The average Bonchev–Trinajstić information content (AvgIpc) is 2.46. The maximum atomic E-state index is 12.5. The molecular weight excluding hydrogens is 264 g/mol. The standard InChI is InChI=1S/C17H24N2O2/c1-13-9-19(10-14(2)21-13)17(20)12-18-8-7-15-5-3-4-6-16(15)11-18/h3-6,13-14H,7-12H2,1-2H3. The van der Waals surface area contributed by atoms with E-state index in [4.69, 9.17) is 4.74 Å². The van der Waals surface area contributed by atoms with E-state index in [9.17, 15) is 4.79 Å². The molecule has 114 valence electrons. The smallest absolute Gasteiger partial charge is 0.236 e. The SMILES string of the molecule is CC1CN(C(=O)CN2CCc3ccccc3C2)CC(C)O1. The third-order valence-electron chi connectivity index (χ3n) is 4.34. The fourth-order valence-electron chi connectivity index (χ4n) is 3.36. The number of carbonyl (C=O) groups excluding carboxylic acids is 1. The zero-order valence-corrected chi connectivity index (χ0v) is 12.9. The third kappa shape index (κ3) is 3.44. The molecule has 2 heterocycles. The van der Waals surface area contributed by atoms with Crippen molar-refractivity contribution in [3.05, 3.63) is 35.4 Å². The minimum Gasteiger partial charge on any atom is -0.372 e. The molecule has 21 heavy (non-hydrogen) atoms. The molecule has 3 rings (SSSR count). The van der Waals surface area contributed by atoms with Crippen molar-refractivity contribution in [1.82, 2.24) is 9.80 Å². The second-order valence-corrected chi connectivity index (χ2v) is 6.29. The van der Waals surface area contributed by atoms with E-state index >= 15 is 0 Å². The average molecular weight is 288 g/mol. The Morgan fingerprint density at radius 2 is 1.86 bits per heavy atom. The molecule has 2 atom stereocenters. The van der Waals surface area contributed by atoms with E-state index in [0.717, 1.165) is 19.5 Å². The van der Waals surface area contributed by atoms with Gasteiger partial charge in [0.25, 0.3) is 0 Å². The lowest BCUT2D eigenvalue weighted by molar-refractivity contribution is -0.144. The number of morpholine rings is 1. The minimum atomic E-state index is 0.139. The predicted molar refractivity (Wildman–Crippen MR) is 82.0 cm³/mol. The maximum absolute atomic E-state index is 12.5. The number of fused-ring (bicyclic) bond motifs is 1. The summed E-state index contributed by atoms with van der Waals surface area (Å²) in [6.45, 7) is 7.88. The van der Waals surface area contributed by atoms with Crippen LogP contribution in [0.4, 0.5) is 0 Å². The lowest BCUT2D eigenvalue weighted by Gasteiger charge is -2.37. The van der Waals surface area contributed by atoms with E-state index in [1.54, 1.807) is 0 Å². The summed E-state index contributed by atoms with van der Waals surface area (Å²) in [5.41, 5.74) is 2.79. The van der Waals surface area contributed by atoms with Gasteiger partial charge in [0.15, 0.2) is 0 Å². The highest BCUT2D eigenvalue weighted by Crippen LogP contribution is 2.19. The fraction of sp³-hybridized carbons (Fsp3) is 0.588. The molecule has 2 unspecified atom stereocenters. The maximum Gasteiger partial charge on any atom is 0.236 e. The molecular formula is C17H24N2O2. The molecule has 1 aromatic carbocycles. The van der Waals surface area contributed by atoms with Gasteiger partial charge in [0.2, 0.25) is 5.91 Å². The van der Waals surface area contributed by atoms with E-state index in [1.165, 1.54) is 11.1 Å². The molecule has 4 heteroatoms. The van der Waals surface area contributed by atoms with Crippen molar-refractivity contribution < 1.29 is 9.53 Å². The van der Waals surface area contributed by atoms with Crippen LogP contribution >= 0.6 is 0 Å². The van der Waals surface area contributed by atoms with Crippen molar-refractivity contribution in [3.8, 4) is 0 Å². The number of hydrogen-bond acceptors (Lipinski definition) is 3.